The highest BCUT2D eigenvalue weighted by atomic mass is 79.9. The number of phenols is 1. The van der Waals surface area contributed by atoms with Gasteiger partial charge >= 0.3 is 0 Å². The molecule has 0 radical (unpaired) electrons. The molecule has 0 saturated heterocycles. The van der Waals surface area contributed by atoms with Crippen LogP contribution < -0.4 is 10.9 Å². The predicted molar refractivity (Wildman–Crippen MR) is 84.9 cm³/mol. The van der Waals surface area contributed by atoms with Crippen molar-refractivity contribution in [2.75, 3.05) is 0 Å². The van der Waals surface area contributed by atoms with Gasteiger partial charge in [-0.05, 0) is 46.3 Å². The molecule has 2 amide bonds. The third-order valence-corrected chi connectivity index (χ3v) is 3.80. The number of carbonyl (C=O) groups excluding carboxylic acids is 2. The van der Waals surface area contributed by atoms with Crippen LogP contribution >= 0.6 is 31.9 Å². The number of nitrogens with one attached hydrogen (secondary N) is 2. The van der Waals surface area contributed by atoms with Crippen LogP contribution in [-0.4, -0.2) is 16.9 Å². The maximum atomic E-state index is 12.0. The van der Waals surface area contributed by atoms with Gasteiger partial charge in [0, 0.05) is 8.95 Å². The fraction of sp³-hybridized carbons (Fsp3) is 0. The van der Waals surface area contributed by atoms with E-state index in [4.69, 9.17) is 0 Å². The van der Waals surface area contributed by atoms with Gasteiger partial charge in [-0.25, -0.2) is 0 Å². The Morgan fingerprint density at radius 1 is 0.905 bits per heavy atom. The van der Waals surface area contributed by atoms with E-state index in [0.717, 1.165) is 4.47 Å². The molecule has 0 heterocycles. The summed E-state index contributed by atoms with van der Waals surface area (Å²) in [6.07, 6.45) is 0. The number of amides is 2. The van der Waals surface area contributed by atoms with Crippen molar-refractivity contribution < 1.29 is 14.7 Å². The third kappa shape index (κ3) is 3.83. The fourth-order valence-corrected chi connectivity index (χ4v) is 2.37. The fourth-order valence-electron chi connectivity index (χ4n) is 1.59. The number of halogens is 2. The van der Waals surface area contributed by atoms with Crippen LogP contribution in [0.25, 0.3) is 0 Å². The predicted octanol–water partition coefficient (Wildman–Crippen LogP) is 2.99. The van der Waals surface area contributed by atoms with E-state index in [-0.39, 0.29) is 11.3 Å². The van der Waals surface area contributed by atoms with Gasteiger partial charge in [-0.2, -0.15) is 0 Å². The first-order chi connectivity index (χ1) is 9.99. The van der Waals surface area contributed by atoms with Gasteiger partial charge in [0.1, 0.15) is 5.75 Å². The molecule has 0 atom stereocenters. The van der Waals surface area contributed by atoms with E-state index in [9.17, 15) is 14.7 Å². The maximum Gasteiger partial charge on any atom is 0.273 e. The van der Waals surface area contributed by atoms with Crippen molar-refractivity contribution in [3.8, 4) is 5.75 Å². The smallest absolute Gasteiger partial charge is 0.273 e. The number of benzene rings is 2. The van der Waals surface area contributed by atoms with Crippen molar-refractivity contribution in [3.05, 3.63) is 62.5 Å². The summed E-state index contributed by atoms with van der Waals surface area (Å²) >= 11 is 6.53. The zero-order valence-electron chi connectivity index (χ0n) is 10.6. The van der Waals surface area contributed by atoms with E-state index in [1.165, 1.54) is 12.1 Å². The van der Waals surface area contributed by atoms with E-state index in [1.54, 1.807) is 30.3 Å². The number of hydrogen-bond acceptors (Lipinski definition) is 3. The maximum absolute atomic E-state index is 12.0. The van der Waals surface area contributed by atoms with E-state index < -0.39 is 11.8 Å². The molecule has 2 aromatic rings. The normalized spacial score (nSPS) is 10.0. The lowest BCUT2D eigenvalue weighted by Crippen LogP contribution is -2.41. The molecular formula is C14H10Br2N2O3. The van der Waals surface area contributed by atoms with Crippen molar-refractivity contribution in [1.82, 2.24) is 10.9 Å². The quantitative estimate of drug-likeness (QED) is 0.662. The van der Waals surface area contributed by atoms with Gasteiger partial charge in [0.05, 0.1) is 11.1 Å². The SMILES string of the molecule is O=C(NNC(=O)c1cc(Br)ccc1Br)c1ccccc1O. The van der Waals surface area contributed by atoms with E-state index >= 15 is 0 Å². The lowest BCUT2D eigenvalue weighted by Gasteiger charge is -2.09. The Hall–Kier alpha value is -1.86. The molecule has 0 spiro atoms. The van der Waals surface area contributed by atoms with Crippen LogP contribution in [0.2, 0.25) is 0 Å². The van der Waals surface area contributed by atoms with Gasteiger partial charge in [0.15, 0.2) is 0 Å². The number of phenolic OH excluding ortho intramolecular Hbond substituents is 1. The summed E-state index contributed by atoms with van der Waals surface area (Å²) in [7, 11) is 0. The molecule has 0 fully saturated rings. The highest BCUT2D eigenvalue weighted by Crippen LogP contribution is 2.21. The second kappa shape index (κ2) is 6.73. The zero-order chi connectivity index (χ0) is 15.4. The highest BCUT2D eigenvalue weighted by Gasteiger charge is 2.14. The standard InChI is InChI=1S/C14H10Br2N2O3/c15-8-5-6-11(16)10(7-8)14(21)18-17-13(20)9-3-1-2-4-12(9)19/h1-7,19H,(H,17,20)(H,18,21). The van der Waals surface area contributed by atoms with Gasteiger partial charge in [-0.1, -0.05) is 28.1 Å². The number of para-hydroxylation sites is 1. The van der Waals surface area contributed by atoms with Crippen molar-refractivity contribution in [2.45, 2.75) is 0 Å². The van der Waals surface area contributed by atoms with Crippen molar-refractivity contribution >= 4 is 43.7 Å². The monoisotopic (exact) mass is 412 g/mol. The molecule has 2 aromatic carbocycles. The molecule has 0 saturated carbocycles. The molecule has 21 heavy (non-hydrogen) atoms. The minimum Gasteiger partial charge on any atom is -0.507 e. The zero-order valence-corrected chi connectivity index (χ0v) is 13.7. The first-order valence-corrected chi connectivity index (χ1v) is 7.41. The molecule has 0 bridgehead atoms. The Labute approximate surface area is 137 Å². The number of carbonyl (C=O) groups is 2. The molecule has 7 heteroatoms. The van der Waals surface area contributed by atoms with Crippen LogP contribution in [0.5, 0.6) is 5.75 Å². The first-order valence-electron chi connectivity index (χ1n) is 5.83. The van der Waals surface area contributed by atoms with Crippen molar-refractivity contribution in [3.63, 3.8) is 0 Å². The number of aromatic hydroxyl groups is 1. The number of hydrogen-bond donors (Lipinski definition) is 3. The molecule has 0 aliphatic heterocycles. The third-order valence-electron chi connectivity index (χ3n) is 2.61. The van der Waals surface area contributed by atoms with Crippen LogP contribution in [0, 0.1) is 0 Å². The largest absolute Gasteiger partial charge is 0.507 e. The highest BCUT2D eigenvalue weighted by molar-refractivity contribution is 9.11. The molecule has 108 valence electrons. The van der Waals surface area contributed by atoms with Gasteiger partial charge in [0.2, 0.25) is 0 Å². The molecule has 0 aliphatic rings. The van der Waals surface area contributed by atoms with E-state index in [2.05, 4.69) is 42.7 Å². The summed E-state index contributed by atoms with van der Waals surface area (Å²) in [6, 6.07) is 11.2. The average molecular weight is 414 g/mol. The summed E-state index contributed by atoms with van der Waals surface area (Å²) < 4.78 is 1.34. The Balaban J connectivity index is 2.06. The molecule has 2 rings (SSSR count). The number of hydrazine groups is 1. The van der Waals surface area contributed by atoms with E-state index in [1.807, 2.05) is 0 Å². The molecule has 0 unspecified atom stereocenters. The number of rotatable bonds is 2. The minimum absolute atomic E-state index is 0.0751. The van der Waals surface area contributed by atoms with Gasteiger partial charge in [0.25, 0.3) is 11.8 Å². The molecule has 0 aliphatic carbocycles. The summed E-state index contributed by atoms with van der Waals surface area (Å²) in [5.74, 6) is -1.24. The molecular weight excluding hydrogens is 404 g/mol. The molecule has 0 aromatic heterocycles. The van der Waals surface area contributed by atoms with E-state index in [0.29, 0.717) is 10.0 Å². The summed E-state index contributed by atoms with van der Waals surface area (Å²) in [5.41, 5.74) is 4.98. The van der Waals surface area contributed by atoms with Crippen LogP contribution in [0.4, 0.5) is 0 Å². The van der Waals surface area contributed by atoms with Crippen LogP contribution in [0.15, 0.2) is 51.4 Å². The Bertz CT molecular complexity index is 704. The summed E-state index contributed by atoms with van der Waals surface area (Å²) in [5, 5.41) is 9.56. The van der Waals surface area contributed by atoms with Gasteiger partial charge < -0.3 is 5.11 Å². The first kappa shape index (κ1) is 15.5. The Morgan fingerprint density at radius 2 is 1.52 bits per heavy atom. The summed E-state index contributed by atoms with van der Waals surface area (Å²) in [4.78, 5) is 23.8. The average Bonchev–Trinajstić information content (AvgIpc) is 2.47. The Morgan fingerprint density at radius 3 is 2.19 bits per heavy atom. The van der Waals surface area contributed by atoms with Crippen molar-refractivity contribution in [1.29, 1.82) is 0 Å². The second-order valence-corrected chi connectivity index (χ2v) is 5.82. The summed E-state index contributed by atoms with van der Waals surface area (Å²) in [6.45, 7) is 0. The van der Waals surface area contributed by atoms with Crippen molar-refractivity contribution in [2.24, 2.45) is 0 Å². The van der Waals surface area contributed by atoms with Crippen LogP contribution in [0.3, 0.4) is 0 Å². The van der Waals surface area contributed by atoms with Gasteiger partial charge in [-0.15, -0.1) is 0 Å². The lowest BCUT2D eigenvalue weighted by molar-refractivity contribution is 0.0844. The molecule has 3 N–H and O–H groups in total. The molecule has 5 nitrogen and oxygen atoms in total. The van der Waals surface area contributed by atoms with Gasteiger partial charge in [-0.3, -0.25) is 20.4 Å². The van der Waals surface area contributed by atoms with Crippen LogP contribution in [0.1, 0.15) is 20.7 Å². The topological polar surface area (TPSA) is 78.4 Å². The minimum atomic E-state index is -0.604. The van der Waals surface area contributed by atoms with Crippen LogP contribution in [-0.2, 0) is 0 Å². The second-order valence-electron chi connectivity index (χ2n) is 4.05. The lowest BCUT2D eigenvalue weighted by atomic mass is 10.2. The Kier molecular flexibility index (Phi) is 4.98.